The third-order valence-electron chi connectivity index (χ3n) is 3.37. The fraction of sp³-hybridized carbons (Fsp3) is 0.357. The Kier molecular flexibility index (Phi) is 5.06. The van der Waals surface area contributed by atoms with E-state index in [4.69, 9.17) is 11.6 Å². The summed E-state index contributed by atoms with van der Waals surface area (Å²) in [4.78, 5) is 17.4. The first-order valence-electron chi connectivity index (χ1n) is 7.04. The predicted octanol–water partition coefficient (Wildman–Crippen LogP) is 2.38. The number of hydrogen-bond donors (Lipinski definition) is 0. The van der Waals surface area contributed by atoms with Gasteiger partial charge in [-0.15, -0.1) is 5.10 Å². The summed E-state index contributed by atoms with van der Waals surface area (Å²) < 4.78 is 26.3. The lowest BCUT2D eigenvalue weighted by Gasteiger charge is -2.17. The van der Waals surface area contributed by atoms with Crippen molar-refractivity contribution in [1.29, 1.82) is 0 Å². The van der Waals surface area contributed by atoms with Crippen LogP contribution in [0.25, 0.3) is 0 Å². The molecule has 0 bridgehead atoms. The van der Waals surface area contributed by atoms with E-state index in [1.807, 2.05) is 13.8 Å². The molecule has 2 aromatic rings. The zero-order valence-electron chi connectivity index (χ0n) is 13.0. The maximum atomic E-state index is 12.7. The first kappa shape index (κ1) is 17.4. The second-order valence-corrected chi connectivity index (χ2v) is 7.00. The highest BCUT2D eigenvalue weighted by molar-refractivity contribution is 7.91. The van der Waals surface area contributed by atoms with Gasteiger partial charge in [0.2, 0.25) is 9.84 Å². The molecule has 1 heterocycles. The molecule has 124 valence electrons. The van der Waals surface area contributed by atoms with Gasteiger partial charge in [-0.3, -0.25) is 0 Å². The molecule has 1 amide bonds. The van der Waals surface area contributed by atoms with E-state index in [9.17, 15) is 13.2 Å². The van der Waals surface area contributed by atoms with Crippen molar-refractivity contribution in [3.8, 4) is 0 Å². The van der Waals surface area contributed by atoms with Crippen LogP contribution in [0.1, 0.15) is 19.4 Å². The topological polar surface area (TPSA) is 85.2 Å². The molecule has 23 heavy (non-hydrogen) atoms. The molecule has 0 fully saturated rings. The van der Waals surface area contributed by atoms with Crippen LogP contribution in [0.2, 0.25) is 5.02 Å². The minimum absolute atomic E-state index is 0.0466. The Morgan fingerprint density at radius 2 is 1.96 bits per heavy atom. The van der Waals surface area contributed by atoms with E-state index < -0.39 is 21.0 Å². The summed E-state index contributed by atoms with van der Waals surface area (Å²) in [7, 11) is -4.00. The molecule has 0 atom stereocenters. The van der Waals surface area contributed by atoms with E-state index in [0.717, 1.165) is 11.0 Å². The average molecular weight is 357 g/mol. The van der Waals surface area contributed by atoms with Gasteiger partial charge in [-0.25, -0.2) is 18.2 Å². The van der Waals surface area contributed by atoms with Gasteiger partial charge in [0.1, 0.15) is 6.33 Å². The third-order valence-corrected chi connectivity index (χ3v) is 5.55. The Morgan fingerprint density at radius 3 is 2.52 bits per heavy atom. The normalized spacial score (nSPS) is 11.5. The van der Waals surface area contributed by atoms with Gasteiger partial charge in [-0.2, -0.15) is 4.68 Å². The largest absolute Gasteiger partial charge is 0.346 e. The highest BCUT2D eigenvalue weighted by atomic mass is 35.5. The molecule has 7 nitrogen and oxygen atoms in total. The highest BCUT2D eigenvalue weighted by Gasteiger charge is 2.28. The molecule has 9 heteroatoms. The van der Waals surface area contributed by atoms with E-state index in [0.29, 0.717) is 18.7 Å². The van der Waals surface area contributed by atoms with Gasteiger partial charge in [0.25, 0.3) is 5.16 Å². The van der Waals surface area contributed by atoms with Gasteiger partial charge in [0.15, 0.2) is 0 Å². The average Bonchev–Trinajstić information content (AvgIpc) is 2.98. The zero-order chi connectivity index (χ0) is 17.2. The smallest absolute Gasteiger partial charge is 0.323 e. The van der Waals surface area contributed by atoms with Crippen LogP contribution in [0, 0.1) is 6.92 Å². The number of carbonyl (C=O) groups excluding carboxylic acids is 1. The summed E-state index contributed by atoms with van der Waals surface area (Å²) in [6.45, 7) is 6.25. The molecule has 0 saturated heterocycles. The molecular formula is C14H17ClN4O3S. The summed E-state index contributed by atoms with van der Waals surface area (Å²) in [6, 6.07) is 4.35. The van der Waals surface area contributed by atoms with Crippen molar-refractivity contribution in [3.63, 3.8) is 0 Å². The third kappa shape index (κ3) is 3.23. The van der Waals surface area contributed by atoms with Crippen LogP contribution in [0.15, 0.2) is 34.6 Å². The number of amides is 1. The first-order valence-corrected chi connectivity index (χ1v) is 8.90. The molecule has 0 aliphatic heterocycles. The fourth-order valence-corrected chi connectivity index (χ4v) is 4.06. The van der Waals surface area contributed by atoms with Crippen molar-refractivity contribution in [3.05, 3.63) is 35.1 Å². The van der Waals surface area contributed by atoms with Gasteiger partial charge in [-0.05, 0) is 32.4 Å². The van der Waals surface area contributed by atoms with Crippen LogP contribution < -0.4 is 0 Å². The minimum Gasteiger partial charge on any atom is -0.323 e. The maximum absolute atomic E-state index is 12.7. The number of halogens is 1. The van der Waals surface area contributed by atoms with Gasteiger partial charge < -0.3 is 4.90 Å². The number of aromatic nitrogens is 3. The van der Waals surface area contributed by atoms with Crippen LogP contribution in [0.5, 0.6) is 0 Å². The molecule has 0 saturated carbocycles. The lowest BCUT2D eigenvalue weighted by atomic mass is 10.2. The van der Waals surface area contributed by atoms with Crippen molar-refractivity contribution in [2.24, 2.45) is 0 Å². The Hall–Kier alpha value is -1.93. The van der Waals surface area contributed by atoms with Gasteiger partial charge in [-0.1, -0.05) is 23.7 Å². The van der Waals surface area contributed by atoms with Crippen LogP contribution in [0.4, 0.5) is 4.79 Å². The first-order chi connectivity index (χ1) is 10.8. The summed E-state index contributed by atoms with van der Waals surface area (Å²) in [5.41, 5.74) is 0.490. The molecule has 0 aliphatic rings. The number of hydrogen-bond acceptors (Lipinski definition) is 5. The molecule has 2 rings (SSSR count). The minimum atomic E-state index is -4.00. The number of aryl methyl sites for hydroxylation is 1. The second kappa shape index (κ2) is 6.67. The Morgan fingerprint density at radius 1 is 1.30 bits per heavy atom. The quantitative estimate of drug-likeness (QED) is 0.839. The number of benzene rings is 1. The number of sulfone groups is 1. The van der Waals surface area contributed by atoms with Gasteiger partial charge in [0.05, 0.1) is 9.92 Å². The van der Waals surface area contributed by atoms with Crippen molar-refractivity contribution >= 4 is 27.5 Å². The SMILES string of the molecule is CCN(CC)C(=O)n1cnc(S(=O)(=O)c2c(C)cccc2Cl)n1. The van der Waals surface area contributed by atoms with Crippen LogP contribution in [0.3, 0.4) is 0 Å². The highest BCUT2D eigenvalue weighted by Crippen LogP contribution is 2.28. The standard InChI is InChI=1S/C14H17ClN4O3S/c1-4-18(5-2)14(20)19-9-16-13(17-19)23(21,22)12-10(3)7-6-8-11(12)15/h6-9H,4-5H2,1-3H3. The molecule has 0 spiro atoms. The molecular weight excluding hydrogens is 340 g/mol. The predicted molar refractivity (Wildman–Crippen MR) is 85.4 cm³/mol. The van der Waals surface area contributed by atoms with Crippen molar-refractivity contribution in [2.75, 3.05) is 13.1 Å². The Labute approximate surface area is 139 Å². The zero-order valence-corrected chi connectivity index (χ0v) is 14.6. The van der Waals surface area contributed by atoms with E-state index in [-0.39, 0.29) is 9.92 Å². The summed E-state index contributed by atoms with van der Waals surface area (Å²) in [6.07, 6.45) is 1.10. The molecule has 0 N–H and O–H groups in total. The van der Waals surface area contributed by atoms with Crippen LogP contribution in [-0.4, -0.2) is 47.2 Å². The van der Waals surface area contributed by atoms with Crippen molar-refractivity contribution in [1.82, 2.24) is 19.7 Å². The number of carbonyl (C=O) groups is 1. The van der Waals surface area contributed by atoms with Crippen molar-refractivity contribution in [2.45, 2.75) is 30.8 Å². The lowest BCUT2D eigenvalue weighted by Crippen LogP contribution is -2.34. The summed E-state index contributed by atoms with van der Waals surface area (Å²) in [5.74, 6) is 0. The van der Waals surface area contributed by atoms with Crippen molar-refractivity contribution < 1.29 is 13.2 Å². The van der Waals surface area contributed by atoms with E-state index in [2.05, 4.69) is 10.1 Å². The van der Waals surface area contributed by atoms with E-state index >= 15 is 0 Å². The summed E-state index contributed by atoms with van der Waals surface area (Å²) in [5, 5.41) is 3.47. The van der Waals surface area contributed by atoms with Crippen LogP contribution in [-0.2, 0) is 9.84 Å². The van der Waals surface area contributed by atoms with E-state index in [1.54, 1.807) is 19.1 Å². The molecule has 1 aromatic carbocycles. The molecule has 1 aromatic heterocycles. The fourth-order valence-electron chi connectivity index (χ4n) is 2.15. The van der Waals surface area contributed by atoms with Gasteiger partial charge >= 0.3 is 6.03 Å². The van der Waals surface area contributed by atoms with Gasteiger partial charge in [0, 0.05) is 13.1 Å². The summed E-state index contributed by atoms with van der Waals surface area (Å²) >= 11 is 6.01. The number of rotatable bonds is 4. The monoisotopic (exact) mass is 356 g/mol. The number of nitrogens with zero attached hydrogens (tertiary/aromatic N) is 4. The van der Waals surface area contributed by atoms with Crippen LogP contribution >= 0.6 is 11.6 Å². The Balaban J connectivity index is 2.46. The lowest BCUT2D eigenvalue weighted by molar-refractivity contribution is 0.201. The second-order valence-electron chi connectivity index (χ2n) is 4.82. The molecule has 0 unspecified atom stereocenters. The van der Waals surface area contributed by atoms with E-state index in [1.165, 1.54) is 11.0 Å². The Bertz CT molecular complexity index is 808. The molecule has 0 radical (unpaired) electrons. The maximum Gasteiger partial charge on any atom is 0.346 e. The molecule has 0 aliphatic carbocycles.